The second kappa shape index (κ2) is 6.49. The van der Waals surface area contributed by atoms with Gasteiger partial charge in [-0.15, -0.1) is 11.3 Å². The summed E-state index contributed by atoms with van der Waals surface area (Å²) in [6, 6.07) is 1.23. The molecular formula is C11H14ClN3O4S. The maximum atomic E-state index is 12.2. The van der Waals surface area contributed by atoms with Gasteiger partial charge in [-0.3, -0.25) is 19.8 Å². The molecule has 9 heteroatoms. The summed E-state index contributed by atoms with van der Waals surface area (Å²) in [6.07, 6.45) is 0. The average molecular weight is 320 g/mol. The van der Waals surface area contributed by atoms with Crippen LogP contribution >= 0.6 is 22.9 Å². The monoisotopic (exact) mass is 319 g/mol. The van der Waals surface area contributed by atoms with Crippen LogP contribution in [0.15, 0.2) is 6.07 Å². The summed E-state index contributed by atoms with van der Waals surface area (Å²) in [5.41, 5.74) is -0.223. The molecule has 7 nitrogen and oxygen atoms in total. The molecule has 0 aliphatic carbocycles. The van der Waals surface area contributed by atoms with Crippen molar-refractivity contribution < 1.29 is 14.8 Å². The molecule has 110 valence electrons. The zero-order chi connectivity index (χ0) is 14.7. The van der Waals surface area contributed by atoms with E-state index in [1.165, 1.54) is 6.07 Å². The van der Waals surface area contributed by atoms with Crippen molar-refractivity contribution >= 4 is 34.5 Å². The summed E-state index contributed by atoms with van der Waals surface area (Å²) in [6.45, 7) is 3.16. The van der Waals surface area contributed by atoms with Crippen LogP contribution in [0.2, 0.25) is 4.34 Å². The number of halogens is 1. The van der Waals surface area contributed by atoms with Gasteiger partial charge in [0.25, 0.3) is 11.6 Å². The van der Waals surface area contributed by atoms with Gasteiger partial charge in [0.1, 0.15) is 4.88 Å². The highest BCUT2D eigenvalue weighted by Gasteiger charge is 2.26. The van der Waals surface area contributed by atoms with Crippen LogP contribution < -0.4 is 0 Å². The number of hydrogen-bond donors (Lipinski definition) is 1. The lowest BCUT2D eigenvalue weighted by molar-refractivity contribution is -0.384. The molecular weight excluding hydrogens is 306 g/mol. The summed E-state index contributed by atoms with van der Waals surface area (Å²) >= 11 is 6.69. The van der Waals surface area contributed by atoms with Gasteiger partial charge in [-0.1, -0.05) is 11.6 Å². The first-order chi connectivity index (χ1) is 9.52. The number of nitro groups is 1. The van der Waals surface area contributed by atoms with Gasteiger partial charge in [0.05, 0.1) is 11.5 Å². The van der Waals surface area contributed by atoms with Gasteiger partial charge in [-0.25, -0.2) is 0 Å². The maximum Gasteiger partial charge on any atom is 0.299 e. The van der Waals surface area contributed by atoms with Gasteiger partial charge < -0.3 is 10.0 Å². The Morgan fingerprint density at radius 3 is 2.60 bits per heavy atom. The number of aliphatic hydroxyl groups excluding tert-OH is 1. The molecule has 1 aliphatic rings. The first-order valence-corrected chi connectivity index (χ1v) is 7.28. The Morgan fingerprint density at radius 2 is 2.10 bits per heavy atom. The number of nitrogens with zero attached hydrogens (tertiary/aromatic N) is 3. The van der Waals surface area contributed by atoms with Crippen LogP contribution in [0.3, 0.4) is 0 Å². The number of amides is 1. The van der Waals surface area contributed by atoms with Gasteiger partial charge in [-0.05, 0) is 0 Å². The van der Waals surface area contributed by atoms with Crippen molar-refractivity contribution in [2.24, 2.45) is 0 Å². The molecule has 0 spiro atoms. The quantitative estimate of drug-likeness (QED) is 0.662. The lowest BCUT2D eigenvalue weighted by Crippen LogP contribution is -2.49. The Bertz CT molecular complexity index is 514. The van der Waals surface area contributed by atoms with Crippen LogP contribution in [-0.2, 0) is 0 Å². The van der Waals surface area contributed by atoms with Gasteiger partial charge in [0.2, 0.25) is 0 Å². The molecule has 2 rings (SSSR count). The number of carbonyl (C=O) groups is 1. The largest absolute Gasteiger partial charge is 0.395 e. The number of rotatable bonds is 4. The fourth-order valence-electron chi connectivity index (χ4n) is 2.06. The van der Waals surface area contributed by atoms with Crippen molar-refractivity contribution in [1.29, 1.82) is 0 Å². The van der Waals surface area contributed by atoms with E-state index in [1.54, 1.807) is 4.90 Å². The van der Waals surface area contributed by atoms with Crippen LogP contribution in [0, 0.1) is 10.1 Å². The van der Waals surface area contributed by atoms with Crippen LogP contribution in [-0.4, -0.2) is 65.1 Å². The first-order valence-electron chi connectivity index (χ1n) is 6.09. The van der Waals surface area contributed by atoms with E-state index in [-0.39, 0.29) is 27.4 Å². The van der Waals surface area contributed by atoms with E-state index < -0.39 is 4.92 Å². The van der Waals surface area contributed by atoms with Gasteiger partial charge in [0.15, 0.2) is 4.34 Å². The average Bonchev–Trinajstić information content (AvgIpc) is 2.81. The molecule has 0 unspecified atom stereocenters. The van der Waals surface area contributed by atoms with Gasteiger partial charge in [-0.2, -0.15) is 0 Å². The Kier molecular flexibility index (Phi) is 4.92. The zero-order valence-corrected chi connectivity index (χ0v) is 12.2. The minimum absolute atomic E-state index is 0.0252. The molecule has 1 N–H and O–H groups in total. The normalized spacial score (nSPS) is 16.4. The van der Waals surface area contributed by atoms with Crippen LogP contribution in [0.25, 0.3) is 0 Å². The molecule has 1 aromatic rings. The Hall–Kier alpha value is -1.22. The van der Waals surface area contributed by atoms with Crippen molar-refractivity contribution in [3.63, 3.8) is 0 Å². The molecule has 1 aromatic heterocycles. The number of thiophene rings is 1. The topological polar surface area (TPSA) is 86.9 Å². The smallest absolute Gasteiger partial charge is 0.299 e. The van der Waals surface area contributed by atoms with Crippen molar-refractivity contribution in [3.05, 3.63) is 25.4 Å². The minimum Gasteiger partial charge on any atom is -0.395 e. The summed E-state index contributed by atoms with van der Waals surface area (Å²) in [4.78, 5) is 26.4. The predicted octanol–water partition coefficient (Wildman–Crippen LogP) is 1.06. The third kappa shape index (κ3) is 3.26. The van der Waals surface area contributed by atoms with Crippen molar-refractivity contribution in [2.45, 2.75) is 0 Å². The summed E-state index contributed by atoms with van der Waals surface area (Å²) < 4.78 is 0.0252. The Labute approximate surface area is 124 Å². The fourth-order valence-corrected chi connectivity index (χ4v) is 3.25. The zero-order valence-electron chi connectivity index (χ0n) is 10.6. The number of hydrogen-bond acceptors (Lipinski definition) is 6. The van der Waals surface area contributed by atoms with E-state index >= 15 is 0 Å². The number of aliphatic hydroxyl groups is 1. The Morgan fingerprint density at radius 1 is 1.45 bits per heavy atom. The van der Waals surface area contributed by atoms with E-state index in [2.05, 4.69) is 4.90 Å². The molecule has 1 aliphatic heterocycles. The fraction of sp³-hybridized carbons (Fsp3) is 0.545. The summed E-state index contributed by atoms with van der Waals surface area (Å²) in [5.74, 6) is -0.228. The van der Waals surface area contributed by atoms with E-state index in [9.17, 15) is 14.9 Å². The highest BCUT2D eigenvalue weighted by Crippen LogP contribution is 2.34. The molecule has 0 atom stereocenters. The second-order valence-corrected chi connectivity index (χ2v) is 6.04. The van der Waals surface area contributed by atoms with Crippen molar-refractivity contribution in [3.8, 4) is 0 Å². The van der Waals surface area contributed by atoms with Gasteiger partial charge >= 0.3 is 0 Å². The molecule has 0 bridgehead atoms. The lowest BCUT2D eigenvalue weighted by atomic mass is 10.3. The van der Waals surface area contributed by atoms with Crippen LogP contribution in [0.4, 0.5) is 5.69 Å². The number of piperazine rings is 1. The Balaban J connectivity index is 2.02. The molecule has 0 aromatic carbocycles. The first kappa shape index (κ1) is 15.2. The van der Waals surface area contributed by atoms with E-state index in [0.29, 0.717) is 32.7 Å². The van der Waals surface area contributed by atoms with Crippen LogP contribution in [0.5, 0.6) is 0 Å². The third-order valence-electron chi connectivity index (χ3n) is 3.15. The third-order valence-corrected chi connectivity index (χ3v) is 4.48. The van der Waals surface area contributed by atoms with E-state index in [1.807, 2.05) is 0 Å². The lowest BCUT2D eigenvalue weighted by Gasteiger charge is -2.34. The molecule has 1 amide bonds. The molecule has 2 heterocycles. The SMILES string of the molecule is O=C(c1cc([N+](=O)[O-])c(Cl)s1)N1CCN(CCO)CC1. The highest BCUT2D eigenvalue weighted by molar-refractivity contribution is 7.18. The molecule has 1 fully saturated rings. The minimum atomic E-state index is -0.588. The van der Waals surface area contributed by atoms with E-state index in [0.717, 1.165) is 11.3 Å². The number of carbonyl (C=O) groups excluding carboxylic acids is 1. The second-order valence-electron chi connectivity index (χ2n) is 4.38. The molecule has 1 saturated heterocycles. The van der Waals surface area contributed by atoms with Crippen LogP contribution in [0.1, 0.15) is 9.67 Å². The summed E-state index contributed by atoms with van der Waals surface area (Å²) in [5, 5.41) is 19.6. The molecule has 0 saturated carbocycles. The standard InChI is InChI=1S/C11H14ClN3O4S/c12-10-8(15(18)19)7-9(20-10)11(17)14-3-1-13(2-4-14)5-6-16/h7,16H,1-6H2. The van der Waals surface area contributed by atoms with E-state index in [4.69, 9.17) is 16.7 Å². The van der Waals surface area contributed by atoms with Crippen molar-refractivity contribution in [2.75, 3.05) is 39.3 Å². The molecule has 20 heavy (non-hydrogen) atoms. The maximum absolute atomic E-state index is 12.2. The van der Waals surface area contributed by atoms with Crippen molar-refractivity contribution in [1.82, 2.24) is 9.80 Å². The molecule has 0 radical (unpaired) electrons. The van der Waals surface area contributed by atoms with Gasteiger partial charge in [0, 0.05) is 38.8 Å². The highest BCUT2D eigenvalue weighted by atomic mass is 35.5. The number of β-amino-alcohol motifs (C(OH)–C–C–N with tert-alkyl or cyclic N) is 1. The predicted molar refractivity (Wildman–Crippen MR) is 75.4 cm³/mol. The summed E-state index contributed by atoms with van der Waals surface area (Å²) in [7, 11) is 0.